The van der Waals surface area contributed by atoms with Crippen LogP contribution in [0.15, 0.2) is 39.5 Å². The molecule has 4 rings (SSSR count). The van der Waals surface area contributed by atoms with Crippen LogP contribution in [-0.4, -0.2) is 6.73 Å². The van der Waals surface area contributed by atoms with Crippen molar-refractivity contribution in [3.63, 3.8) is 0 Å². The molecule has 0 saturated carbocycles. The Bertz CT molecular complexity index is 1110. The summed E-state index contributed by atoms with van der Waals surface area (Å²) in [5.74, 6) is -1.08. The molecule has 28 heavy (non-hydrogen) atoms. The van der Waals surface area contributed by atoms with Crippen molar-refractivity contribution in [2.75, 3.05) is 11.6 Å². The van der Waals surface area contributed by atoms with Crippen LogP contribution in [0.2, 0.25) is 0 Å². The standard InChI is InChI=1S/C22H21F2NO3/c1-3-4-5-14-9-20(26)28-22-13(2)21-15(8-17(14)22)11-25(12-27-21)16-6-7-18(23)19(24)10-16/h6-10H,3-5,11-12H2,1-2H3. The van der Waals surface area contributed by atoms with E-state index >= 15 is 0 Å². The van der Waals surface area contributed by atoms with Gasteiger partial charge in [0.05, 0.1) is 0 Å². The lowest BCUT2D eigenvalue weighted by molar-refractivity contribution is 0.287. The highest BCUT2D eigenvalue weighted by atomic mass is 19.2. The second-order valence-corrected chi connectivity index (χ2v) is 7.13. The van der Waals surface area contributed by atoms with Gasteiger partial charge in [0.2, 0.25) is 0 Å². The van der Waals surface area contributed by atoms with E-state index in [1.165, 1.54) is 12.1 Å². The SMILES string of the molecule is CCCCc1cc(=O)oc2c(C)c3c(cc12)CN(c1ccc(F)c(F)c1)CO3. The summed E-state index contributed by atoms with van der Waals surface area (Å²) in [6.45, 7) is 4.67. The lowest BCUT2D eigenvalue weighted by atomic mass is 9.98. The third kappa shape index (κ3) is 3.23. The molecule has 0 bridgehead atoms. The number of halogens is 2. The van der Waals surface area contributed by atoms with Gasteiger partial charge in [-0.1, -0.05) is 13.3 Å². The van der Waals surface area contributed by atoms with Crippen molar-refractivity contribution < 1.29 is 17.9 Å². The molecular weight excluding hydrogens is 364 g/mol. The monoisotopic (exact) mass is 385 g/mol. The average molecular weight is 385 g/mol. The number of fused-ring (bicyclic) bond motifs is 2. The second-order valence-electron chi connectivity index (χ2n) is 7.13. The van der Waals surface area contributed by atoms with E-state index in [9.17, 15) is 13.6 Å². The highest BCUT2D eigenvalue weighted by Gasteiger charge is 2.23. The summed E-state index contributed by atoms with van der Waals surface area (Å²) in [4.78, 5) is 13.8. The lowest BCUT2D eigenvalue weighted by Crippen LogP contribution is -2.32. The Labute approximate surface area is 161 Å². The van der Waals surface area contributed by atoms with E-state index in [1.807, 2.05) is 17.9 Å². The number of unbranched alkanes of at least 4 members (excludes halogenated alkanes) is 1. The van der Waals surface area contributed by atoms with Gasteiger partial charge in [-0.3, -0.25) is 0 Å². The first kappa shape index (κ1) is 18.5. The maximum absolute atomic E-state index is 13.6. The van der Waals surface area contributed by atoms with Gasteiger partial charge in [0.1, 0.15) is 11.3 Å². The van der Waals surface area contributed by atoms with Crippen LogP contribution in [0.1, 0.15) is 36.5 Å². The van der Waals surface area contributed by atoms with Crippen LogP contribution in [-0.2, 0) is 13.0 Å². The maximum Gasteiger partial charge on any atom is 0.336 e. The zero-order valence-corrected chi connectivity index (χ0v) is 15.9. The molecule has 2 heterocycles. The number of aryl methyl sites for hydroxylation is 2. The molecule has 0 fully saturated rings. The molecule has 3 aromatic rings. The van der Waals surface area contributed by atoms with Gasteiger partial charge in [0.25, 0.3) is 0 Å². The number of anilines is 1. The molecule has 0 atom stereocenters. The Kier molecular flexibility index (Phi) is 4.79. The third-order valence-corrected chi connectivity index (χ3v) is 5.17. The molecule has 1 aliphatic rings. The van der Waals surface area contributed by atoms with E-state index in [2.05, 4.69) is 6.92 Å². The number of nitrogens with zero attached hydrogens (tertiary/aromatic N) is 1. The van der Waals surface area contributed by atoms with Gasteiger partial charge in [-0.25, -0.2) is 13.6 Å². The van der Waals surface area contributed by atoms with Gasteiger partial charge < -0.3 is 14.1 Å². The molecule has 0 saturated heterocycles. The summed E-state index contributed by atoms with van der Waals surface area (Å²) in [5.41, 5.74) is 3.41. The molecule has 1 aliphatic heterocycles. The molecule has 146 valence electrons. The summed E-state index contributed by atoms with van der Waals surface area (Å²) in [5, 5.41) is 0.903. The molecule has 0 spiro atoms. The fourth-order valence-corrected chi connectivity index (χ4v) is 3.71. The first-order valence-corrected chi connectivity index (χ1v) is 9.40. The minimum atomic E-state index is -0.887. The predicted octanol–water partition coefficient (Wildman–Crippen LogP) is 5.08. The number of benzene rings is 2. The fraction of sp³-hybridized carbons (Fsp3) is 0.318. The molecule has 0 radical (unpaired) electrons. The fourth-order valence-electron chi connectivity index (χ4n) is 3.71. The normalized spacial score (nSPS) is 13.5. The number of ether oxygens (including phenoxy) is 1. The van der Waals surface area contributed by atoms with Gasteiger partial charge >= 0.3 is 5.63 Å². The van der Waals surface area contributed by atoms with Crippen molar-refractivity contribution in [3.05, 3.63) is 69.1 Å². The number of hydrogen-bond donors (Lipinski definition) is 0. The van der Waals surface area contributed by atoms with Crippen molar-refractivity contribution in [2.24, 2.45) is 0 Å². The van der Waals surface area contributed by atoms with Crippen LogP contribution in [0.3, 0.4) is 0 Å². The minimum Gasteiger partial charge on any atom is -0.472 e. The zero-order valence-electron chi connectivity index (χ0n) is 15.9. The molecule has 4 nitrogen and oxygen atoms in total. The van der Waals surface area contributed by atoms with Gasteiger partial charge in [-0.15, -0.1) is 0 Å². The molecule has 6 heteroatoms. The Morgan fingerprint density at radius 1 is 1.14 bits per heavy atom. The van der Waals surface area contributed by atoms with Gasteiger partial charge in [-0.2, -0.15) is 0 Å². The summed E-state index contributed by atoms with van der Waals surface area (Å²) in [6, 6.07) is 7.36. The Morgan fingerprint density at radius 3 is 2.71 bits per heavy atom. The van der Waals surface area contributed by atoms with Crippen molar-refractivity contribution in [3.8, 4) is 5.75 Å². The van der Waals surface area contributed by atoms with E-state index in [0.717, 1.165) is 47.4 Å². The molecule has 0 aliphatic carbocycles. The Balaban J connectivity index is 1.78. The summed E-state index contributed by atoms with van der Waals surface area (Å²) in [6.07, 6.45) is 2.80. The van der Waals surface area contributed by atoms with Crippen molar-refractivity contribution in [1.29, 1.82) is 0 Å². The van der Waals surface area contributed by atoms with Crippen LogP contribution in [0, 0.1) is 18.6 Å². The predicted molar refractivity (Wildman–Crippen MR) is 104 cm³/mol. The first-order chi connectivity index (χ1) is 13.5. The van der Waals surface area contributed by atoms with Crippen molar-refractivity contribution >= 4 is 16.7 Å². The van der Waals surface area contributed by atoms with E-state index in [1.54, 1.807) is 6.07 Å². The Hall–Kier alpha value is -2.89. The van der Waals surface area contributed by atoms with E-state index < -0.39 is 11.6 Å². The average Bonchev–Trinajstić information content (AvgIpc) is 2.69. The van der Waals surface area contributed by atoms with Gasteiger partial charge in [0, 0.05) is 40.9 Å². The van der Waals surface area contributed by atoms with Crippen LogP contribution in [0.25, 0.3) is 11.0 Å². The molecular formula is C22H21F2NO3. The van der Waals surface area contributed by atoms with Crippen LogP contribution in [0.5, 0.6) is 5.75 Å². The third-order valence-electron chi connectivity index (χ3n) is 5.17. The van der Waals surface area contributed by atoms with Crippen LogP contribution >= 0.6 is 0 Å². The summed E-state index contributed by atoms with van der Waals surface area (Å²) >= 11 is 0. The van der Waals surface area contributed by atoms with Crippen molar-refractivity contribution in [2.45, 2.75) is 39.7 Å². The minimum absolute atomic E-state index is 0.199. The van der Waals surface area contributed by atoms with E-state index in [0.29, 0.717) is 23.6 Å². The topological polar surface area (TPSA) is 42.7 Å². The van der Waals surface area contributed by atoms with E-state index in [4.69, 9.17) is 9.15 Å². The molecule has 1 aromatic heterocycles. The molecule has 0 amide bonds. The summed E-state index contributed by atoms with van der Waals surface area (Å²) < 4.78 is 38.3. The summed E-state index contributed by atoms with van der Waals surface area (Å²) in [7, 11) is 0. The highest BCUT2D eigenvalue weighted by Crippen LogP contribution is 2.37. The number of hydrogen-bond acceptors (Lipinski definition) is 4. The van der Waals surface area contributed by atoms with Gasteiger partial charge in [-0.05, 0) is 43.5 Å². The molecule has 2 aromatic carbocycles. The molecule has 0 unspecified atom stereocenters. The molecule has 0 N–H and O–H groups in total. The number of rotatable bonds is 4. The van der Waals surface area contributed by atoms with Crippen LogP contribution in [0.4, 0.5) is 14.5 Å². The quantitative estimate of drug-likeness (QED) is 0.588. The largest absolute Gasteiger partial charge is 0.472 e. The zero-order chi connectivity index (χ0) is 19.8. The first-order valence-electron chi connectivity index (χ1n) is 9.40. The van der Waals surface area contributed by atoms with Crippen molar-refractivity contribution in [1.82, 2.24) is 0 Å². The van der Waals surface area contributed by atoms with Gasteiger partial charge in [0.15, 0.2) is 18.4 Å². The second kappa shape index (κ2) is 7.26. The van der Waals surface area contributed by atoms with E-state index in [-0.39, 0.29) is 12.4 Å². The highest BCUT2D eigenvalue weighted by molar-refractivity contribution is 5.86. The Morgan fingerprint density at radius 2 is 1.96 bits per heavy atom. The maximum atomic E-state index is 13.6. The lowest BCUT2D eigenvalue weighted by Gasteiger charge is -2.32. The van der Waals surface area contributed by atoms with Crippen LogP contribution < -0.4 is 15.3 Å². The smallest absolute Gasteiger partial charge is 0.336 e.